The summed E-state index contributed by atoms with van der Waals surface area (Å²) < 4.78 is 50.8. The first-order valence-electron chi connectivity index (χ1n) is 17.1. The van der Waals surface area contributed by atoms with Gasteiger partial charge in [0.25, 0.3) is 0 Å². The Morgan fingerprint density at radius 1 is 0.772 bits per heavy atom. The van der Waals surface area contributed by atoms with Crippen LogP contribution in [0.15, 0.2) is 92.3 Å². The number of hydrogen-bond acceptors (Lipinski definition) is 13. The lowest BCUT2D eigenvalue weighted by atomic mass is 10.1. The van der Waals surface area contributed by atoms with Crippen molar-refractivity contribution in [3.05, 3.63) is 103 Å². The van der Waals surface area contributed by atoms with Crippen molar-refractivity contribution in [3.63, 3.8) is 0 Å². The molecule has 0 spiro atoms. The van der Waals surface area contributed by atoms with Gasteiger partial charge in [-0.25, -0.2) is 26.8 Å². The molecular weight excluding hydrogens is 965 g/mol. The summed E-state index contributed by atoms with van der Waals surface area (Å²) in [5.41, 5.74) is 3.67. The maximum absolute atomic E-state index is 12.5. The number of aromatic nitrogens is 4. The summed E-state index contributed by atoms with van der Waals surface area (Å²) in [5, 5.41) is 9.09. The van der Waals surface area contributed by atoms with E-state index in [9.17, 15) is 16.8 Å². The van der Waals surface area contributed by atoms with E-state index in [1.807, 2.05) is 18.2 Å². The zero-order valence-electron chi connectivity index (χ0n) is 31.1. The number of anilines is 7. The molecule has 0 unspecified atom stereocenters. The minimum atomic E-state index is -3.47. The zero-order valence-corrected chi connectivity index (χ0v) is 38.1. The molecule has 0 radical (unpaired) electrons. The summed E-state index contributed by atoms with van der Waals surface area (Å²) >= 11 is 24.8. The summed E-state index contributed by atoms with van der Waals surface area (Å²) in [4.78, 5) is 21.4. The van der Waals surface area contributed by atoms with Crippen molar-refractivity contribution in [2.45, 2.75) is 28.9 Å². The number of rotatable bonds is 11. The first-order valence-corrected chi connectivity index (χ1v) is 23.3. The number of halogens is 5. The second-order valence-electron chi connectivity index (χ2n) is 13.0. The summed E-state index contributed by atoms with van der Waals surface area (Å²) in [5.74, 6) is 0.834. The third-order valence-corrected chi connectivity index (χ3v) is 13.6. The maximum atomic E-state index is 12.5. The Balaban J connectivity index is 0.000000242. The highest BCUT2D eigenvalue weighted by molar-refractivity contribution is 9.10. The van der Waals surface area contributed by atoms with Gasteiger partial charge in [-0.05, 0) is 92.7 Å². The molecule has 0 aliphatic carbocycles. The highest BCUT2D eigenvalue weighted by Gasteiger charge is 2.24. The monoisotopic (exact) mass is 999 g/mol. The normalized spacial score (nSPS) is 13.5. The Morgan fingerprint density at radius 2 is 1.33 bits per heavy atom. The number of hydrogen-bond donors (Lipinski definition) is 3. The van der Waals surface area contributed by atoms with Gasteiger partial charge < -0.3 is 25.8 Å². The molecular formula is C37H38Br2Cl3N9O4S2. The second kappa shape index (κ2) is 19.0. The smallest absolute Gasteiger partial charge is 0.229 e. The molecule has 2 aromatic heterocycles. The van der Waals surface area contributed by atoms with Gasteiger partial charge in [0, 0.05) is 52.8 Å². The predicted molar refractivity (Wildman–Crippen MR) is 239 cm³/mol. The fraction of sp³-hybridized carbons (Fsp3) is 0.243. The Kier molecular flexibility index (Phi) is 14.9. The molecule has 1 aliphatic heterocycles. The lowest BCUT2D eigenvalue weighted by molar-refractivity contribution is 0.313. The van der Waals surface area contributed by atoms with Crippen LogP contribution in [-0.4, -0.2) is 86.4 Å². The molecule has 6 rings (SSSR count). The number of nitrogens with zero attached hydrogens (tertiary/aromatic N) is 6. The average molecular weight is 1000 g/mol. The van der Waals surface area contributed by atoms with E-state index in [1.165, 1.54) is 24.5 Å². The van der Waals surface area contributed by atoms with Gasteiger partial charge in [0.1, 0.15) is 10.0 Å². The summed E-state index contributed by atoms with van der Waals surface area (Å²) in [7, 11) is -4.81. The maximum Gasteiger partial charge on any atom is 0.229 e. The van der Waals surface area contributed by atoms with Crippen LogP contribution in [0.4, 0.5) is 40.3 Å². The van der Waals surface area contributed by atoms with E-state index in [2.05, 4.69) is 97.2 Å². The first kappa shape index (κ1) is 44.6. The summed E-state index contributed by atoms with van der Waals surface area (Å²) in [6, 6.07) is 15.7. The van der Waals surface area contributed by atoms with Gasteiger partial charge in [-0.15, -0.1) is 0 Å². The minimum Gasteiger partial charge on any atom is -0.368 e. The molecule has 0 bridgehead atoms. The van der Waals surface area contributed by atoms with Crippen LogP contribution in [0.5, 0.6) is 0 Å². The SMILES string of the molecule is C=Cc1cc(Nc2ncc(Cl)c(Nc3cc(Br)ccc3S(C)(=O)=O)n2)ccc1N1CCN(C)CC1.CC(C)S(=O)(=O)c1ccc(Br)cc1Nc1nc(Cl)ncc1Cl. The van der Waals surface area contributed by atoms with E-state index in [0.717, 1.165) is 49.4 Å². The molecule has 57 heavy (non-hydrogen) atoms. The molecule has 0 saturated carbocycles. The molecule has 1 saturated heterocycles. The Labute approximate surface area is 364 Å². The Bertz CT molecular complexity index is 2510. The molecule has 3 aromatic carbocycles. The molecule has 1 fully saturated rings. The van der Waals surface area contributed by atoms with Crippen LogP contribution in [0.1, 0.15) is 19.4 Å². The van der Waals surface area contributed by atoms with E-state index >= 15 is 0 Å². The Hall–Kier alpha value is -3.55. The molecule has 302 valence electrons. The van der Waals surface area contributed by atoms with Crippen LogP contribution in [-0.2, 0) is 19.7 Å². The quantitative estimate of drug-likeness (QED) is 0.107. The Morgan fingerprint density at radius 3 is 1.91 bits per heavy atom. The van der Waals surface area contributed by atoms with Crippen LogP contribution in [0, 0.1) is 0 Å². The first-order chi connectivity index (χ1) is 26.8. The molecule has 20 heteroatoms. The number of sulfone groups is 2. The number of likely N-dealkylation sites (N-methyl/N-ethyl adjacent to an activating group) is 1. The van der Waals surface area contributed by atoms with Gasteiger partial charge in [0.2, 0.25) is 11.2 Å². The van der Waals surface area contributed by atoms with Crippen LogP contribution >= 0.6 is 66.7 Å². The van der Waals surface area contributed by atoms with Crippen LogP contribution in [0.3, 0.4) is 0 Å². The van der Waals surface area contributed by atoms with E-state index in [0.29, 0.717) is 26.3 Å². The highest BCUT2D eigenvalue weighted by Crippen LogP contribution is 2.34. The highest BCUT2D eigenvalue weighted by atomic mass is 79.9. The third-order valence-electron chi connectivity index (χ3n) is 8.52. The van der Waals surface area contributed by atoms with E-state index in [-0.39, 0.29) is 36.8 Å². The number of benzene rings is 3. The molecule has 13 nitrogen and oxygen atoms in total. The van der Waals surface area contributed by atoms with Crippen molar-refractivity contribution < 1.29 is 16.8 Å². The average Bonchev–Trinajstić information content (AvgIpc) is 3.14. The zero-order chi connectivity index (χ0) is 41.7. The van der Waals surface area contributed by atoms with Crippen molar-refractivity contribution in [2.24, 2.45) is 0 Å². The van der Waals surface area contributed by atoms with Crippen molar-refractivity contribution in [1.82, 2.24) is 24.8 Å². The molecule has 0 amide bonds. The van der Waals surface area contributed by atoms with Crippen molar-refractivity contribution >= 4 is 133 Å². The lowest BCUT2D eigenvalue weighted by Crippen LogP contribution is -2.44. The van der Waals surface area contributed by atoms with Gasteiger partial charge in [0.15, 0.2) is 31.3 Å². The van der Waals surface area contributed by atoms with E-state index in [1.54, 1.807) is 38.1 Å². The van der Waals surface area contributed by atoms with Gasteiger partial charge in [-0.3, -0.25) is 0 Å². The fourth-order valence-electron chi connectivity index (χ4n) is 5.49. The van der Waals surface area contributed by atoms with Crippen LogP contribution in [0.2, 0.25) is 15.3 Å². The van der Waals surface area contributed by atoms with Crippen molar-refractivity contribution in [3.8, 4) is 0 Å². The molecule has 1 aliphatic rings. The topological polar surface area (TPSA) is 162 Å². The third kappa shape index (κ3) is 11.6. The molecule has 0 atom stereocenters. The van der Waals surface area contributed by atoms with Gasteiger partial charge in [-0.1, -0.05) is 67.7 Å². The van der Waals surface area contributed by atoms with Crippen LogP contribution < -0.4 is 20.9 Å². The largest absolute Gasteiger partial charge is 0.368 e. The number of piperazine rings is 1. The number of nitrogens with one attached hydrogen (secondary N) is 3. The van der Waals surface area contributed by atoms with Crippen molar-refractivity contribution in [2.75, 3.05) is 60.3 Å². The summed E-state index contributed by atoms with van der Waals surface area (Å²) in [6.07, 6.45) is 5.80. The standard InChI is InChI=1S/C24H26BrClN6O2S.C13H12BrCl2N3O2S/c1-4-16-13-18(6-7-21(16)32-11-9-31(2)10-12-32)28-24-27-15-19(26)23(30-24)29-20-14-17(25)5-8-22(20)35(3,33)34;1-7(2)22(20,21)11-4-3-8(14)5-10(11)18-12-9(15)6-17-13(16)19-12/h4-8,13-15H,1,9-12H2,2-3H3,(H2,27,28,29,30);3-7H,1-2H3,(H,17,18,19). The van der Waals surface area contributed by atoms with E-state index in [4.69, 9.17) is 34.8 Å². The molecule has 3 heterocycles. The predicted octanol–water partition coefficient (Wildman–Crippen LogP) is 9.65. The van der Waals surface area contributed by atoms with Crippen molar-refractivity contribution in [1.29, 1.82) is 0 Å². The second-order valence-corrected chi connectivity index (χ2v) is 20.5. The molecule has 5 aromatic rings. The fourth-order valence-corrected chi connectivity index (χ4v) is 8.63. The van der Waals surface area contributed by atoms with Gasteiger partial charge >= 0.3 is 0 Å². The van der Waals surface area contributed by atoms with Gasteiger partial charge in [0.05, 0.1) is 38.8 Å². The van der Waals surface area contributed by atoms with Crippen LogP contribution in [0.25, 0.3) is 6.08 Å². The van der Waals surface area contributed by atoms with E-state index < -0.39 is 24.9 Å². The minimum absolute atomic E-state index is 0.00941. The molecule has 3 N–H and O–H groups in total. The van der Waals surface area contributed by atoms with Gasteiger partial charge in [-0.2, -0.15) is 9.97 Å². The summed E-state index contributed by atoms with van der Waals surface area (Å²) in [6.45, 7) is 11.2. The lowest BCUT2D eigenvalue weighted by Gasteiger charge is -2.35.